The Hall–Kier alpha value is -1.26. The van der Waals surface area contributed by atoms with Gasteiger partial charge in [0.15, 0.2) is 0 Å². The van der Waals surface area contributed by atoms with Gasteiger partial charge in [0.25, 0.3) is 0 Å². The lowest BCUT2D eigenvalue weighted by Crippen LogP contribution is -2.40. The lowest BCUT2D eigenvalue weighted by molar-refractivity contribution is -0.119. The first kappa shape index (κ1) is 14.2. The first-order chi connectivity index (χ1) is 9.08. The zero-order chi connectivity index (χ0) is 13.9. The maximum atomic E-state index is 12.0. The van der Waals surface area contributed by atoms with Crippen molar-refractivity contribution in [2.75, 3.05) is 19.0 Å². The van der Waals surface area contributed by atoms with E-state index >= 15 is 0 Å². The Labute approximate surface area is 118 Å². The Kier molecular flexibility index (Phi) is 4.32. The monoisotopic (exact) mass is 282 g/mol. The predicted molar refractivity (Wildman–Crippen MR) is 76.6 cm³/mol. The Morgan fingerprint density at radius 2 is 2.26 bits per heavy atom. The van der Waals surface area contributed by atoms with Gasteiger partial charge in [-0.15, -0.1) is 0 Å². The number of amides is 1. The summed E-state index contributed by atoms with van der Waals surface area (Å²) in [7, 11) is 1.56. The van der Waals surface area contributed by atoms with Crippen molar-refractivity contribution >= 4 is 23.2 Å². The second-order valence-corrected chi connectivity index (χ2v) is 5.54. The highest BCUT2D eigenvalue weighted by molar-refractivity contribution is 6.32. The molecule has 2 rings (SSSR count). The minimum Gasteiger partial charge on any atom is -0.495 e. The average Bonchev–Trinajstić information content (AvgIpc) is 2.34. The van der Waals surface area contributed by atoms with Crippen molar-refractivity contribution in [3.8, 4) is 5.75 Å². The maximum absolute atomic E-state index is 12.0. The van der Waals surface area contributed by atoms with E-state index in [1.165, 1.54) is 6.42 Å². The van der Waals surface area contributed by atoms with E-state index < -0.39 is 0 Å². The Morgan fingerprint density at radius 1 is 1.53 bits per heavy atom. The van der Waals surface area contributed by atoms with E-state index in [9.17, 15) is 4.79 Å². The quantitative estimate of drug-likeness (QED) is 0.873. The first-order valence-electron chi connectivity index (χ1n) is 6.42. The average molecular weight is 283 g/mol. The third kappa shape index (κ3) is 3.19. The van der Waals surface area contributed by atoms with Crippen LogP contribution in [0.15, 0.2) is 18.2 Å². The lowest BCUT2D eigenvalue weighted by Gasteiger charge is -2.40. The molecule has 0 atom stereocenters. The molecule has 0 unspecified atom stereocenters. The molecule has 0 bridgehead atoms. The standard InChI is InChI=1S/C14H19ClN2O2/c1-19-12-4-3-10(7-11(12)15)17-13(18)8-14(9-16)5-2-6-14/h3-4,7H,2,5-6,8-9,16H2,1H3,(H,17,18). The zero-order valence-corrected chi connectivity index (χ0v) is 11.8. The van der Waals surface area contributed by atoms with Crippen molar-refractivity contribution < 1.29 is 9.53 Å². The molecule has 1 aromatic carbocycles. The number of carbonyl (C=O) groups excluding carboxylic acids is 1. The van der Waals surface area contributed by atoms with Gasteiger partial charge in [0, 0.05) is 12.1 Å². The van der Waals surface area contributed by atoms with Gasteiger partial charge in [-0.25, -0.2) is 0 Å². The third-order valence-corrected chi connectivity index (χ3v) is 4.11. The molecule has 1 saturated carbocycles. The molecule has 0 aliphatic heterocycles. The van der Waals surface area contributed by atoms with Crippen LogP contribution in [0.1, 0.15) is 25.7 Å². The molecule has 0 radical (unpaired) electrons. The van der Waals surface area contributed by atoms with Crippen LogP contribution < -0.4 is 15.8 Å². The molecule has 3 N–H and O–H groups in total. The number of hydrogen-bond donors (Lipinski definition) is 2. The molecular weight excluding hydrogens is 264 g/mol. The van der Waals surface area contributed by atoms with Gasteiger partial charge in [-0.2, -0.15) is 0 Å². The van der Waals surface area contributed by atoms with Gasteiger partial charge < -0.3 is 15.8 Å². The fourth-order valence-electron chi connectivity index (χ4n) is 2.42. The first-order valence-corrected chi connectivity index (χ1v) is 6.80. The van der Waals surface area contributed by atoms with E-state index in [0.29, 0.717) is 29.4 Å². The van der Waals surface area contributed by atoms with Gasteiger partial charge >= 0.3 is 0 Å². The molecule has 0 saturated heterocycles. The highest BCUT2D eigenvalue weighted by Crippen LogP contribution is 2.43. The summed E-state index contributed by atoms with van der Waals surface area (Å²) < 4.78 is 5.07. The van der Waals surface area contributed by atoms with E-state index in [1.807, 2.05) is 0 Å². The molecule has 1 amide bonds. The molecule has 1 aromatic rings. The van der Waals surface area contributed by atoms with Gasteiger partial charge in [-0.1, -0.05) is 18.0 Å². The van der Waals surface area contributed by atoms with E-state index in [1.54, 1.807) is 25.3 Å². The van der Waals surface area contributed by atoms with E-state index in [2.05, 4.69) is 5.32 Å². The van der Waals surface area contributed by atoms with Gasteiger partial charge in [0.1, 0.15) is 5.75 Å². The maximum Gasteiger partial charge on any atom is 0.224 e. The number of nitrogens with one attached hydrogen (secondary N) is 1. The fraction of sp³-hybridized carbons (Fsp3) is 0.500. The Bertz CT molecular complexity index is 467. The van der Waals surface area contributed by atoms with Crippen molar-refractivity contribution in [1.29, 1.82) is 0 Å². The summed E-state index contributed by atoms with van der Waals surface area (Å²) in [5.74, 6) is 0.587. The molecule has 5 heteroatoms. The lowest BCUT2D eigenvalue weighted by atomic mass is 9.66. The number of nitrogens with two attached hydrogens (primary N) is 1. The van der Waals surface area contributed by atoms with E-state index in [0.717, 1.165) is 12.8 Å². The molecule has 0 heterocycles. The Morgan fingerprint density at radius 3 is 2.74 bits per heavy atom. The second-order valence-electron chi connectivity index (χ2n) is 5.13. The molecule has 0 spiro atoms. The number of methoxy groups -OCH3 is 1. The molecule has 19 heavy (non-hydrogen) atoms. The van der Waals surface area contributed by atoms with Crippen molar-refractivity contribution in [2.24, 2.45) is 11.1 Å². The van der Waals surface area contributed by atoms with Crippen molar-refractivity contribution in [3.05, 3.63) is 23.2 Å². The van der Waals surface area contributed by atoms with Crippen LogP contribution in [-0.4, -0.2) is 19.6 Å². The molecule has 0 aromatic heterocycles. The predicted octanol–water partition coefficient (Wildman–Crippen LogP) is 2.81. The molecule has 1 fully saturated rings. The summed E-state index contributed by atoms with van der Waals surface area (Å²) in [5.41, 5.74) is 6.45. The van der Waals surface area contributed by atoms with Crippen LogP contribution in [0.2, 0.25) is 5.02 Å². The molecular formula is C14H19ClN2O2. The van der Waals surface area contributed by atoms with Crippen molar-refractivity contribution in [1.82, 2.24) is 0 Å². The minimum atomic E-state index is -0.00798. The highest BCUT2D eigenvalue weighted by atomic mass is 35.5. The molecule has 1 aliphatic carbocycles. The van der Waals surface area contributed by atoms with Gasteiger partial charge in [0.05, 0.1) is 12.1 Å². The number of anilines is 1. The van der Waals surface area contributed by atoms with E-state index in [4.69, 9.17) is 22.1 Å². The topological polar surface area (TPSA) is 64.3 Å². The fourth-order valence-corrected chi connectivity index (χ4v) is 2.68. The van der Waals surface area contributed by atoms with Crippen LogP contribution in [0.25, 0.3) is 0 Å². The summed E-state index contributed by atoms with van der Waals surface area (Å²) in [5, 5.41) is 3.34. The van der Waals surface area contributed by atoms with Crippen LogP contribution >= 0.6 is 11.6 Å². The van der Waals surface area contributed by atoms with Crippen LogP contribution in [0.5, 0.6) is 5.75 Å². The number of ether oxygens (including phenoxy) is 1. The zero-order valence-electron chi connectivity index (χ0n) is 11.0. The second kappa shape index (κ2) is 5.80. The number of carbonyl (C=O) groups is 1. The Balaban J connectivity index is 1.97. The molecule has 1 aliphatic rings. The largest absolute Gasteiger partial charge is 0.495 e. The summed E-state index contributed by atoms with van der Waals surface area (Å²) >= 11 is 6.02. The smallest absolute Gasteiger partial charge is 0.224 e. The van der Waals surface area contributed by atoms with Crippen molar-refractivity contribution in [2.45, 2.75) is 25.7 Å². The minimum absolute atomic E-state index is 0.00798. The summed E-state index contributed by atoms with van der Waals surface area (Å²) in [6.07, 6.45) is 3.73. The summed E-state index contributed by atoms with van der Waals surface area (Å²) in [6.45, 7) is 0.573. The van der Waals surface area contributed by atoms with Crippen molar-refractivity contribution in [3.63, 3.8) is 0 Å². The SMILES string of the molecule is COc1ccc(NC(=O)CC2(CN)CCC2)cc1Cl. The van der Waals surface area contributed by atoms with Gasteiger partial charge in [0.2, 0.25) is 5.91 Å². The van der Waals surface area contributed by atoms with Crippen LogP contribution in [0, 0.1) is 5.41 Å². The van der Waals surface area contributed by atoms with Gasteiger partial charge in [-0.05, 0) is 43.0 Å². The molecule has 104 valence electrons. The normalized spacial score (nSPS) is 16.6. The third-order valence-electron chi connectivity index (χ3n) is 3.82. The summed E-state index contributed by atoms with van der Waals surface area (Å²) in [4.78, 5) is 12.0. The molecule has 4 nitrogen and oxygen atoms in total. The van der Waals surface area contributed by atoms with Crippen LogP contribution in [-0.2, 0) is 4.79 Å². The highest BCUT2D eigenvalue weighted by Gasteiger charge is 2.37. The number of benzene rings is 1. The van der Waals surface area contributed by atoms with Crippen LogP contribution in [0.4, 0.5) is 5.69 Å². The summed E-state index contributed by atoms with van der Waals surface area (Å²) in [6, 6.07) is 5.20. The van der Waals surface area contributed by atoms with Crippen LogP contribution in [0.3, 0.4) is 0 Å². The van der Waals surface area contributed by atoms with E-state index in [-0.39, 0.29) is 11.3 Å². The number of hydrogen-bond acceptors (Lipinski definition) is 3. The number of rotatable bonds is 5. The van der Waals surface area contributed by atoms with Gasteiger partial charge in [-0.3, -0.25) is 4.79 Å². The number of halogens is 1.